The third-order valence-corrected chi connectivity index (χ3v) is 4.61. The average molecular weight is 396 g/mol. The van der Waals surface area contributed by atoms with Gasteiger partial charge in [-0.1, -0.05) is 36.4 Å². The van der Waals surface area contributed by atoms with Crippen LogP contribution in [0.25, 0.3) is 0 Å². The van der Waals surface area contributed by atoms with E-state index in [1.807, 2.05) is 42.6 Å². The van der Waals surface area contributed by atoms with Crippen LogP contribution >= 0.6 is 11.3 Å². The van der Waals surface area contributed by atoms with E-state index in [-0.39, 0.29) is 19.1 Å². The Kier molecular flexibility index (Phi) is 6.75. The molecule has 0 aliphatic heterocycles. The lowest BCUT2D eigenvalue weighted by atomic mass is 10.2. The number of aromatic nitrogens is 1. The van der Waals surface area contributed by atoms with Gasteiger partial charge in [0.15, 0.2) is 0 Å². The molecule has 0 spiro atoms. The van der Waals surface area contributed by atoms with Crippen LogP contribution in [0.1, 0.15) is 26.6 Å². The zero-order chi connectivity index (χ0) is 19.8. The number of rotatable bonds is 8. The summed E-state index contributed by atoms with van der Waals surface area (Å²) < 4.78 is 10.8. The van der Waals surface area contributed by atoms with E-state index in [2.05, 4.69) is 10.3 Å². The summed E-state index contributed by atoms with van der Waals surface area (Å²) in [5, 5.41) is 5.47. The molecule has 3 rings (SSSR count). The smallest absolute Gasteiger partial charge is 0.325 e. The molecule has 1 heterocycles. The van der Waals surface area contributed by atoms with E-state index in [1.54, 1.807) is 35.6 Å². The number of carbonyl (C=O) groups is 2. The molecule has 0 aliphatic rings. The fourth-order valence-corrected chi connectivity index (χ4v) is 3.00. The van der Waals surface area contributed by atoms with Gasteiger partial charge in [0.1, 0.15) is 25.5 Å². The van der Waals surface area contributed by atoms with Gasteiger partial charge in [-0.05, 0) is 30.7 Å². The Bertz CT molecular complexity index is 940. The van der Waals surface area contributed by atoms with Crippen molar-refractivity contribution in [3.05, 3.63) is 81.8 Å². The van der Waals surface area contributed by atoms with Crippen molar-refractivity contribution in [1.82, 2.24) is 10.3 Å². The summed E-state index contributed by atoms with van der Waals surface area (Å²) in [6.45, 7) is 2.25. The van der Waals surface area contributed by atoms with Gasteiger partial charge in [0.25, 0.3) is 5.91 Å². The third-order valence-electron chi connectivity index (χ3n) is 3.79. The second-order valence-corrected chi connectivity index (χ2v) is 7.07. The topological polar surface area (TPSA) is 77.5 Å². The highest BCUT2D eigenvalue weighted by molar-refractivity contribution is 7.09. The number of hydrogen-bond acceptors (Lipinski definition) is 6. The first-order valence-corrected chi connectivity index (χ1v) is 9.60. The molecule has 28 heavy (non-hydrogen) atoms. The van der Waals surface area contributed by atoms with Gasteiger partial charge in [-0.3, -0.25) is 9.59 Å². The molecule has 0 saturated carbocycles. The number of esters is 1. The van der Waals surface area contributed by atoms with Gasteiger partial charge < -0.3 is 14.8 Å². The van der Waals surface area contributed by atoms with E-state index in [0.717, 1.165) is 16.3 Å². The maximum atomic E-state index is 12.3. The summed E-state index contributed by atoms with van der Waals surface area (Å²) in [6, 6.07) is 16.1. The fourth-order valence-electron chi connectivity index (χ4n) is 2.40. The highest BCUT2D eigenvalue weighted by atomic mass is 32.1. The van der Waals surface area contributed by atoms with Crippen LogP contribution < -0.4 is 10.1 Å². The van der Waals surface area contributed by atoms with E-state index in [9.17, 15) is 9.59 Å². The molecule has 0 saturated heterocycles. The minimum Gasteiger partial charge on any atom is -0.487 e. The van der Waals surface area contributed by atoms with E-state index in [0.29, 0.717) is 17.9 Å². The molecule has 2 aromatic carbocycles. The largest absolute Gasteiger partial charge is 0.487 e. The second-order valence-electron chi connectivity index (χ2n) is 6.00. The minimum absolute atomic E-state index is 0.176. The molecule has 144 valence electrons. The average Bonchev–Trinajstić information content (AvgIpc) is 3.15. The maximum Gasteiger partial charge on any atom is 0.325 e. The Morgan fingerprint density at radius 1 is 1.07 bits per heavy atom. The standard InChI is InChI=1S/C21H20N2O4S/c1-15-23-18(14-28-15)13-26-19-9-5-8-17(10-19)21(25)22-11-20(24)27-12-16-6-3-2-4-7-16/h2-10,14H,11-13H2,1H3,(H,22,25). The van der Waals surface area contributed by atoms with Crippen molar-refractivity contribution in [3.8, 4) is 5.75 Å². The predicted octanol–water partition coefficient (Wildman–Crippen LogP) is 3.50. The van der Waals surface area contributed by atoms with Crippen LogP contribution in [0.5, 0.6) is 5.75 Å². The number of hydrogen-bond donors (Lipinski definition) is 1. The van der Waals surface area contributed by atoms with Gasteiger partial charge in [-0.15, -0.1) is 11.3 Å². The molecule has 0 aliphatic carbocycles. The first-order valence-electron chi connectivity index (χ1n) is 8.72. The molecule has 7 heteroatoms. The number of nitrogens with zero attached hydrogens (tertiary/aromatic N) is 1. The molecular weight excluding hydrogens is 376 g/mol. The number of nitrogens with one attached hydrogen (secondary N) is 1. The molecule has 1 aromatic heterocycles. The Hall–Kier alpha value is -3.19. The Balaban J connectivity index is 1.46. The van der Waals surface area contributed by atoms with Gasteiger partial charge in [0, 0.05) is 10.9 Å². The van der Waals surface area contributed by atoms with Crippen molar-refractivity contribution in [1.29, 1.82) is 0 Å². The lowest BCUT2D eigenvalue weighted by molar-refractivity contribution is -0.143. The van der Waals surface area contributed by atoms with Crippen LogP contribution in [0.4, 0.5) is 0 Å². The molecule has 0 fully saturated rings. The maximum absolute atomic E-state index is 12.3. The quantitative estimate of drug-likeness (QED) is 0.590. The normalized spacial score (nSPS) is 10.3. The highest BCUT2D eigenvalue weighted by Crippen LogP contribution is 2.16. The summed E-state index contributed by atoms with van der Waals surface area (Å²) in [6.07, 6.45) is 0. The highest BCUT2D eigenvalue weighted by Gasteiger charge is 2.10. The molecular formula is C21H20N2O4S. The lowest BCUT2D eigenvalue weighted by Crippen LogP contribution is -2.30. The van der Waals surface area contributed by atoms with Crippen LogP contribution in [0.2, 0.25) is 0 Å². The van der Waals surface area contributed by atoms with Crippen molar-refractivity contribution < 1.29 is 19.1 Å². The zero-order valence-electron chi connectivity index (χ0n) is 15.4. The van der Waals surface area contributed by atoms with Gasteiger partial charge in [-0.2, -0.15) is 0 Å². The number of benzene rings is 2. The Morgan fingerprint density at radius 2 is 1.89 bits per heavy atom. The molecule has 0 radical (unpaired) electrons. The first kappa shape index (κ1) is 19.6. The number of aryl methyl sites for hydroxylation is 1. The molecule has 1 amide bonds. The first-order chi connectivity index (χ1) is 13.6. The third kappa shape index (κ3) is 5.92. The SMILES string of the molecule is Cc1nc(COc2cccc(C(=O)NCC(=O)OCc3ccccc3)c2)cs1. The van der Waals surface area contributed by atoms with Gasteiger partial charge in [-0.25, -0.2) is 4.98 Å². The van der Waals surface area contributed by atoms with Crippen molar-refractivity contribution in [2.45, 2.75) is 20.1 Å². The Labute approximate surface area is 167 Å². The van der Waals surface area contributed by atoms with Crippen LogP contribution in [0.15, 0.2) is 60.0 Å². The Morgan fingerprint density at radius 3 is 2.64 bits per heavy atom. The zero-order valence-corrected chi connectivity index (χ0v) is 16.2. The van der Waals surface area contributed by atoms with Crippen molar-refractivity contribution in [2.24, 2.45) is 0 Å². The molecule has 0 bridgehead atoms. The lowest BCUT2D eigenvalue weighted by Gasteiger charge is -2.08. The number of carbonyl (C=O) groups excluding carboxylic acids is 2. The van der Waals surface area contributed by atoms with E-state index in [1.165, 1.54) is 0 Å². The number of amides is 1. The summed E-state index contributed by atoms with van der Waals surface area (Å²) in [5.41, 5.74) is 2.14. The van der Waals surface area contributed by atoms with Crippen molar-refractivity contribution in [2.75, 3.05) is 6.54 Å². The molecule has 0 unspecified atom stereocenters. The fraction of sp³-hybridized carbons (Fsp3) is 0.190. The van der Waals surface area contributed by atoms with Gasteiger partial charge >= 0.3 is 5.97 Å². The number of ether oxygens (including phenoxy) is 2. The van der Waals surface area contributed by atoms with Gasteiger partial charge in [0.2, 0.25) is 0 Å². The van der Waals surface area contributed by atoms with Crippen molar-refractivity contribution in [3.63, 3.8) is 0 Å². The summed E-state index contributed by atoms with van der Waals surface area (Å²) in [5.74, 6) is -0.305. The molecule has 1 N–H and O–H groups in total. The van der Waals surface area contributed by atoms with E-state index in [4.69, 9.17) is 9.47 Å². The van der Waals surface area contributed by atoms with Crippen LogP contribution in [-0.4, -0.2) is 23.4 Å². The van der Waals surface area contributed by atoms with Crippen LogP contribution in [0, 0.1) is 6.92 Å². The van der Waals surface area contributed by atoms with Crippen LogP contribution in [0.3, 0.4) is 0 Å². The number of thiazole rings is 1. The van der Waals surface area contributed by atoms with E-state index >= 15 is 0 Å². The molecule has 0 atom stereocenters. The monoisotopic (exact) mass is 396 g/mol. The summed E-state index contributed by atoms with van der Waals surface area (Å²) in [4.78, 5) is 28.4. The molecule has 6 nitrogen and oxygen atoms in total. The second kappa shape index (κ2) is 9.66. The van der Waals surface area contributed by atoms with E-state index < -0.39 is 5.97 Å². The summed E-state index contributed by atoms with van der Waals surface area (Å²) in [7, 11) is 0. The minimum atomic E-state index is -0.497. The van der Waals surface area contributed by atoms with Gasteiger partial charge in [0.05, 0.1) is 10.7 Å². The van der Waals surface area contributed by atoms with Crippen LogP contribution in [-0.2, 0) is 22.7 Å². The van der Waals surface area contributed by atoms with Crippen molar-refractivity contribution >= 4 is 23.2 Å². The summed E-state index contributed by atoms with van der Waals surface area (Å²) >= 11 is 1.56. The molecule has 3 aromatic rings. The predicted molar refractivity (Wildman–Crippen MR) is 106 cm³/mol.